The molecule has 6 nitrogen and oxygen atoms in total. The van der Waals surface area contributed by atoms with E-state index in [0.29, 0.717) is 16.3 Å². The number of aryl methyl sites for hydroxylation is 3. The summed E-state index contributed by atoms with van der Waals surface area (Å²) >= 11 is 1.38. The summed E-state index contributed by atoms with van der Waals surface area (Å²) in [6.07, 6.45) is 0.123. The second-order valence-corrected chi connectivity index (χ2v) is 8.33. The first-order valence-corrected chi connectivity index (χ1v) is 10.5. The van der Waals surface area contributed by atoms with E-state index in [-0.39, 0.29) is 24.8 Å². The molecule has 160 valence electrons. The topological polar surface area (TPSA) is 66.2 Å². The number of hydrogen-bond donors (Lipinski definition) is 0. The Kier molecular flexibility index (Phi) is 5.73. The van der Waals surface area contributed by atoms with Gasteiger partial charge in [-0.3, -0.25) is 4.79 Å². The number of nitrogens with zero attached hydrogens (tertiary/aromatic N) is 3. The van der Waals surface area contributed by atoms with Gasteiger partial charge in [-0.1, -0.05) is 6.07 Å². The van der Waals surface area contributed by atoms with Crippen molar-refractivity contribution in [3.63, 3.8) is 0 Å². The molecule has 0 aliphatic carbocycles. The SMILES string of the molecule is COc1cc(F)ccc1-c1nc(C)c(CC(=O)OCc2ccc3c(c2)nc(C)n3C)s1. The number of benzene rings is 2. The van der Waals surface area contributed by atoms with Crippen LogP contribution in [-0.2, 0) is 29.6 Å². The van der Waals surface area contributed by atoms with Gasteiger partial charge in [-0.25, -0.2) is 14.4 Å². The van der Waals surface area contributed by atoms with Crippen LogP contribution >= 0.6 is 11.3 Å². The summed E-state index contributed by atoms with van der Waals surface area (Å²) in [5.41, 5.74) is 4.24. The monoisotopic (exact) mass is 439 g/mol. The van der Waals surface area contributed by atoms with Crippen LogP contribution in [0.15, 0.2) is 36.4 Å². The summed E-state index contributed by atoms with van der Waals surface area (Å²) in [6, 6.07) is 10.2. The fourth-order valence-electron chi connectivity index (χ4n) is 3.35. The van der Waals surface area contributed by atoms with Gasteiger partial charge in [0, 0.05) is 18.0 Å². The Morgan fingerprint density at radius 3 is 2.74 bits per heavy atom. The van der Waals surface area contributed by atoms with Gasteiger partial charge in [-0.15, -0.1) is 11.3 Å². The Labute approximate surface area is 183 Å². The highest BCUT2D eigenvalue weighted by Crippen LogP contribution is 2.35. The molecule has 0 saturated heterocycles. The largest absolute Gasteiger partial charge is 0.496 e. The highest BCUT2D eigenvalue weighted by molar-refractivity contribution is 7.15. The van der Waals surface area contributed by atoms with Crippen LogP contribution in [0.2, 0.25) is 0 Å². The molecule has 0 bridgehead atoms. The lowest BCUT2D eigenvalue weighted by molar-refractivity contribution is -0.144. The minimum absolute atomic E-state index is 0.123. The molecular formula is C23H22FN3O3S. The van der Waals surface area contributed by atoms with Gasteiger partial charge in [0.15, 0.2) is 0 Å². The zero-order valence-electron chi connectivity index (χ0n) is 17.7. The van der Waals surface area contributed by atoms with Crippen LogP contribution in [0, 0.1) is 19.7 Å². The zero-order chi connectivity index (χ0) is 22.1. The molecule has 0 amide bonds. The second-order valence-electron chi connectivity index (χ2n) is 7.25. The van der Waals surface area contributed by atoms with E-state index in [2.05, 4.69) is 9.97 Å². The molecular weight excluding hydrogens is 417 g/mol. The molecule has 8 heteroatoms. The van der Waals surface area contributed by atoms with Gasteiger partial charge in [0.2, 0.25) is 0 Å². The van der Waals surface area contributed by atoms with E-state index in [1.54, 1.807) is 6.07 Å². The Morgan fingerprint density at radius 1 is 1.16 bits per heavy atom. The van der Waals surface area contributed by atoms with Gasteiger partial charge in [0.05, 0.1) is 35.8 Å². The third kappa shape index (κ3) is 4.29. The average molecular weight is 440 g/mol. The van der Waals surface area contributed by atoms with Crippen LogP contribution in [0.1, 0.15) is 22.0 Å². The van der Waals surface area contributed by atoms with Crippen molar-refractivity contribution >= 4 is 28.3 Å². The lowest BCUT2D eigenvalue weighted by Crippen LogP contribution is -2.07. The number of thiazole rings is 1. The van der Waals surface area contributed by atoms with Gasteiger partial charge in [0.25, 0.3) is 0 Å². The molecule has 0 N–H and O–H groups in total. The highest BCUT2D eigenvalue weighted by Gasteiger charge is 2.17. The first kappa shape index (κ1) is 21.0. The molecule has 2 aromatic carbocycles. The van der Waals surface area contributed by atoms with Crippen LogP contribution in [0.4, 0.5) is 4.39 Å². The number of methoxy groups -OCH3 is 1. The first-order valence-electron chi connectivity index (χ1n) is 9.73. The van der Waals surface area contributed by atoms with Crippen LogP contribution < -0.4 is 4.74 Å². The molecule has 2 aromatic heterocycles. The Balaban J connectivity index is 1.45. The first-order chi connectivity index (χ1) is 14.9. The van der Waals surface area contributed by atoms with Gasteiger partial charge in [-0.2, -0.15) is 0 Å². The minimum Gasteiger partial charge on any atom is -0.496 e. The molecule has 0 aliphatic rings. The molecule has 0 unspecified atom stereocenters. The summed E-state index contributed by atoms with van der Waals surface area (Å²) < 4.78 is 26.2. The predicted octanol–water partition coefficient (Wildman–Crippen LogP) is 4.75. The van der Waals surface area contributed by atoms with Crippen molar-refractivity contribution in [2.24, 2.45) is 7.05 Å². The van der Waals surface area contributed by atoms with E-state index >= 15 is 0 Å². The average Bonchev–Trinajstić information content (AvgIpc) is 3.24. The van der Waals surface area contributed by atoms with Gasteiger partial charge >= 0.3 is 5.97 Å². The lowest BCUT2D eigenvalue weighted by Gasteiger charge is -2.05. The molecule has 2 heterocycles. The van der Waals surface area contributed by atoms with Crippen molar-refractivity contribution in [1.82, 2.24) is 14.5 Å². The molecule has 4 aromatic rings. The molecule has 0 saturated carbocycles. The number of fused-ring (bicyclic) bond motifs is 1. The van der Waals surface area contributed by atoms with Crippen molar-refractivity contribution in [3.05, 3.63) is 64.2 Å². The second kappa shape index (κ2) is 8.47. The standard InChI is InChI=1S/C23H22FN3O3S/c1-13-21(31-23(25-13)17-7-6-16(24)10-20(17)29-4)11-22(28)30-12-15-5-8-19-18(9-15)26-14(2)27(19)3/h5-10H,11-12H2,1-4H3. The van der Waals surface area contributed by atoms with E-state index in [1.807, 2.05) is 43.7 Å². The smallest absolute Gasteiger partial charge is 0.311 e. The van der Waals surface area contributed by atoms with Crippen molar-refractivity contribution in [2.75, 3.05) is 7.11 Å². The number of ether oxygens (including phenoxy) is 2. The van der Waals surface area contributed by atoms with Crippen molar-refractivity contribution in [1.29, 1.82) is 0 Å². The lowest BCUT2D eigenvalue weighted by atomic mass is 10.2. The molecule has 0 radical (unpaired) electrons. The summed E-state index contributed by atoms with van der Waals surface area (Å²) in [6.45, 7) is 3.98. The molecule has 0 atom stereocenters. The van der Waals surface area contributed by atoms with Gasteiger partial charge in [0.1, 0.15) is 29.0 Å². The number of hydrogen-bond acceptors (Lipinski definition) is 6. The minimum atomic E-state index is -0.378. The van der Waals surface area contributed by atoms with Crippen LogP contribution in [0.25, 0.3) is 21.6 Å². The van der Waals surface area contributed by atoms with Crippen molar-refractivity contribution < 1.29 is 18.7 Å². The maximum absolute atomic E-state index is 13.5. The number of esters is 1. The summed E-state index contributed by atoms with van der Waals surface area (Å²) in [4.78, 5) is 22.3. The maximum atomic E-state index is 13.5. The number of carbonyl (C=O) groups is 1. The number of aromatic nitrogens is 3. The third-order valence-electron chi connectivity index (χ3n) is 5.16. The number of rotatable bonds is 6. The zero-order valence-corrected chi connectivity index (χ0v) is 18.5. The highest BCUT2D eigenvalue weighted by atomic mass is 32.1. The molecule has 0 fully saturated rings. The summed E-state index contributed by atoms with van der Waals surface area (Å²) in [5.74, 6) is 0.625. The normalized spacial score (nSPS) is 11.1. The van der Waals surface area contributed by atoms with Crippen LogP contribution in [0.3, 0.4) is 0 Å². The van der Waals surface area contributed by atoms with E-state index in [9.17, 15) is 9.18 Å². The number of imidazole rings is 1. The molecule has 31 heavy (non-hydrogen) atoms. The van der Waals surface area contributed by atoms with Gasteiger partial charge in [-0.05, 0) is 43.7 Å². The Hall–Kier alpha value is -3.26. The number of carbonyl (C=O) groups excluding carboxylic acids is 1. The van der Waals surface area contributed by atoms with E-state index in [0.717, 1.165) is 33.0 Å². The predicted molar refractivity (Wildman–Crippen MR) is 118 cm³/mol. The Morgan fingerprint density at radius 2 is 1.97 bits per heavy atom. The molecule has 0 aliphatic heterocycles. The van der Waals surface area contributed by atoms with Crippen LogP contribution in [0.5, 0.6) is 5.75 Å². The Bertz CT molecular complexity index is 1280. The van der Waals surface area contributed by atoms with E-state index in [4.69, 9.17) is 9.47 Å². The number of halogens is 1. The van der Waals surface area contributed by atoms with E-state index < -0.39 is 0 Å². The van der Waals surface area contributed by atoms with Crippen molar-refractivity contribution in [3.8, 4) is 16.3 Å². The summed E-state index contributed by atoms with van der Waals surface area (Å²) in [5, 5.41) is 0.674. The van der Waals surface area contributed by atoms with Gasteiger partial charge < -0.3 is 14.0 Å². The quantitative estimate of drug-likeness (QED) is 0.406. The van der Waals surface area contributed by atoms with E-state index in [1.165, 1.54) is 30.6 Å². The summed E-state index contributed by atoms with van der Waals surface area (Å²) in [7, 11) is 3.46. The van der Waals surface area contributed by atoms with Crippen LogP contribution in [-0.4, -0.2) is 27.6 Å². The third-order valence-corrected chi connectivity index (χ3v) is 6.35. The molecule has 4 rings (SSSR count). The fraction of sp³-hybridized carbons (Fsp3) is 0.261. The maximum Gasteiger partial charge on any atom is 0.311 e. The van der Waals surface area contributed by atoms with Crippen molar-refractivity contribution in [2.45, 2.75) is 26.9 Å². The molecule has 0 spiro atoms. The fourth-order valence-corrected chi connectivity index (χ4v) is 4.43.